The molecule has 0 spiro atoms. The highest BCUT2D eigenvalue weighted by atomic mass is 32.1. The van der Waals surface area contributed by atoms with E-state index in [0.717, 1.165) is 36.6 Å². The largest absolute Gasteiger partial charge is 0.493 e. The quantitative estimate of drug-likeness (QED) is 0.685. The SMILES string of the molecule is COc1cc2c(cc1OC)C[NH+](Cn1nc(-c3ccccc3)oc1=S)CC2. The standard InChI is InChI=1S/C20H21N3O3S/c1-24-17-10-15-8-9-22(12-16(15)11-18(17)25-2)13-23-20(27)26-19(21-23)14-6-4-3-5-7-14/h3-7,10-11H,8-9,12-13H2,1-2H3/p+1. The van der Waals surface area contributed by atoms with Crippen LogP contribution < -0.4 is 14.4 Å². The van der Waals surface area contributed by atoms with Crippen LogP contribution in [0.15, 0.2) is 46.9 Å². The van der Waals surface area contributed by atoms with E-state index in [1.807, 2.05) is 30.3 Å². The average molecular weight is 384 g/mol. The van der Waals surface area contributed by atoms with E-state index in [1.54, 1.807) is 18.9 Å². The molecule has 0 bridgehead atoms. The van der Waals surface area contributed by atoms with Crippen molar-refractivity contribution in [2.75, 3.05) is 20.8 Å². The van der Waals surface area contributed by atoms with Gasteiger partial charge < -0.3 is 18.8 Å². The Labute approximate surface area is 162 Å². The van der Waals surface area contributed by atoms with E-state index in [9.17, 15) is 0 Å². The molecule has 0 radical (unpaired) electrons. The van der Waals surface area contributed by atoms with Crippen molar-refractivity contribution in [3.05, 3.63) is 58.4 Å². The summed E-state index contributed by atoms with van der Waals surface area (Å²) in [5.74, 6) is 2.11. The number of nitrogens with zero attached hydrogens (tertiary/aromatic N) is 2. The summed E-state index contributed by atoms with van der Waals surface area (Å²) in [6.07, 6.45) is 0.974. The Balaban J connectivity index is 1.54. The van der Waals surface area contributed by atoms with Gasteiger partial charge in [0.25, 0.3) is 4.84 Å². The molecule has 3 aromatic rings. The third-order valence-corrected chi connectivity index (χ3v) is 5.19. The molecule has 2 heterocycles. The van der Waals surface area contributed by atoms with Crippen molar-refractivity contribution in [3.63, 3.8) is 0 Å². The van der Waals surface area contributed by atoms with Gasteiger partial charge in [0.2, 0.25) is 5.89 Å². The highest BCUT2D eigenvalue weighted by Crippen LogP contribution is 2.31. The molecule has 4 rings (SSSR count). The average Bonchev–Trinajstić information content (AvgIpc) is 3.08. The van der Waals surface area contributed by atoms with Crippen LogP contribution >= 0.6 is 12.2 Å². The maximum atomic E-state index is 5.70. The lowest BCUT2D eigenvalue weighted by Crippen LogP contribution is -3.11. The van der Waals surface area contributed by atoms with E-state index in [2.05, 4.69) is 17.2 Å². The molecule has 6 nitrogen and oxygen atoms in total. The van der Waals surface area contributed by atoms with Gasteiger partial charge >= 0.3 is 0 Å². The zero-order valence-corrected chi connectivity index (χ0v) is 16.2. The van der Waals surface area contributed by atoms with Gasteiger partial charge in [0.05, 0.1) is 20.8 Å². The van der Waals surface area contributed by atoms with E-state index in [0.29, 0.717) is 17.4 Å². The molecule has 0 saturated heterocycles. The molecule has 1 aromatic heterocycles. The predicted octanol–water partition coefficient (Wildman–Crippen LogP) is 2.49. The Morgan fingerprint density at radius 1 is 1.11 bits per heavy atom. The van der Waals surface area contributed by atoms with Gasteiger partial charge in [-0.15, -0.1) is 5.10 Å². The third-order valence-electron chi connectivity index (χ3n) is 4.89. The van der Waals surface area contributed by atoms with Crippen molar-refractivity contribution in [1.82, 2.24) is 9.78 Å². The number of fused-ring (bicyclic) bond motifs is 1. The molecule has 7 heteroatoms. The van der Waals surface area contributed by atoms with E-state index in [1.165, 1.54) is 16.0 Å². The van der Waals surface area contributed by atoms with Crippen LogP contribution in [0.5, 0.6) is 11.5 Å². The summed E-state index contributed by atoms with van der Waals surface area (Å²) in [5.41, 5.74) is 3.51. The van der Waals surface area contributed by atoms with Crippen LogP contribution in [0, 0.1) is 4.84 Å². The molecule has 2 aromatic carbocycles. The van der Waals surface area contributed by atoms with Gasteiger partial charge in [-0.05, 0) is 42.0 Å². The summed E-state index contributed by atoms with van der Waals surface area (Å²) in [6.45, 7) is 2.55. The van der Waals surface area contributed by atoms with Gasteiger partial charge in [0.15, 0.2) is 18.2 Å². The van der Waals surface area contributed by atoms with Crippen molar-refractivity contribution in [2.45, 2.75) is 19.6 Å². The molecule has 140 valence electrons. The molecule has 1 atom stereocenters. The minimum atomic E-state index is 0.402. The second-order valence-corrected chi connectivity index (χ2v) is 6.95. The maximum Gasteiger partial charge on any atom is 0.292 e. The molecule has 0 amide bonds. The minimum Gasteiger partial charge on any atom is -0.493 e. The van der Waals surface area contributed by atoms with Gasteiger partial charge in [0, 0.05) is 17.5 Å². The molecule has 1 aliphatic rings. The zero-order valence-electron chi connectivity index (χ0n) is 15.4. The third kappa shape index (κ3) is 3.61. The van der Waals surface area contributed by atoms with Crippen LogP contribution in [0.1, 0.15) is 11.1 Å². The molecule has 0 saturated carbocycles. The van der Waals surface area contributed by atoms with Gasteiger partial charge in [-0.3, -0.25) is 0 Å². The summed E-state index contributed by atoms with van der Waals surface area (Å²) in [6, 6.07) is 14.0. The van der Waals surface area contributed by atoms with Crippen LogP contribution in [0.2, 0.25) is 0 Å². The normalized spacial score (nSPS) is 16.0. The first-order valence-corrected chi connectivity index (χ1v) is 9.29. The van der Waals surface area contributed by atoms with Gasteiger partial charge in [-0.25, -0.2) is 0 Å². The number of ether oxygens (including phenoxy) is 2. The molecule has 0 fully saturated rings. The smallest absolute Gasteiger partial charge is 0.292 e. The fraction of sp³-hybridized carbons (Fsp3) is 0.300. The van der Waals surface area contributed by atoms with E-state index >= 15 is 0 Å². The van der Waals surface area contributed by atoms with Crippen molar-refractivity contribution in [2.24, 2.45) is 0 Å². The van der Waals surface area contributed by atoms with E-state index < -0.39 is 0 Å². The van der Waals surface area contributed by atoms with Crippen LogP contribution in [-0.2, 0) is 19.6 Å². The Morgan fingerprint density at radius 3 is 2.52 bits per heavy atom. The molecular weight excluding hydrogens is 362 g/mol. The number of hydrogen-bond donors (Lipinski definition) is 1. The molecule has 0 aliphatic carbocycles. The van der Waals surface area contributed by atoms with Gasteiger partial charge in [-0.2, -0.15) is 4.68 Å². The number of benzene rings is 2. The molecular formula is C20H22N3O3S+. The molecule has 27 heavy (non-hydrogen) atoms. The highest BCUT2D eigenvalue weighted by molar-refractivity contribution is 7.71. The second-order valence-electron chi connectivity index (χ2n) is 6.60. The topological polar surface area (TPSA) is 53.9 Å². The number of aromatic nitrogens is 2. The van der Waals surface area contributed by atoms with Crippen LogP contribution in [0.25, 0.3) is 11.5 Å². The number of methoxy groups -OCH3 is 2. The monoisotopic (exact) mass is 384 g/mol. The van der Waals surface area contributed by atoms with Crippen molar-refractivity contribution in [3.8, 4) is 23.0 Å². The summed E-state index contributed by atoms with van der Waals surface area (Å²) in [4.78, 5) is 1.78. The summed E-state index contributed by atoms with van der Waals surface area (Å²) in [5, 5.41) is 4.57. The van der Waals surface area contributed by atoms with Crippen LogP contribution in [0.3, 0.4) is 0 Å². The Bertz CT molecular complexity index is 997. The maximum absolute atomic E-state index is 5.70. The van der Waals surface area contributed by atoms with Gasteiger partial charge in [0.1, 0.15) is 6.54 Å². The zero-order chi connectivity index (χ0) is 18.8. The number of nitrogens with one attached hydrogen (secondary N) is 1. The Kier molecular flexibility index (Phi) is 4.96. The fourth-order valence-corrected chi connectivity index (χ4v) is 3.66. The lowest BCUT2D eigenvalue weighted by Gasteiger charge is -2.26. The lowest BCUT2D eigenvalue weighted by atomic mass is 9.99. The predicted molar refractivity (Wildman–Crippen MR) is 104 cm³/mol. The second kappa shape index (κ2) is 7.54. The summed E-state index contributed by atoms with van der Waals surface area (Å²) >= 11 is 5.38. The lowest BCUT2D eigenvalue weighted by molar-refractivity contribution is -0.939. The first-order valence-electron chi connectivity index (χ1n) is 8.88. The highest BCUT2D eigenvalue weighted by Gasteiger charge is 2.23. The minimum absolute atomic E-state index is 0.402. The van der Waals surface area contributed by atoms with Crippen LogP contribution in [0.4, 0.5) is 0 Å². The van der Waals surface area contributed by atoms with Crippen LogP contribution in [-0.4, -0.2) is 30.5 Å². The number of quaternary nitrogens is 1. The van der Waals surface area contributed by atoms with E-state index in [4.69, 9.17) is 26.1 Å². The number of rotatable bonds is 5. The molecule has 1 N–H and O–H groups in total. The van der Waals surface area contributed by atoms with Crippen molar-refractivity contribution < 1.29 is 18.8 Å². The Morgan fingerprint density at radius 2 is 1.81 bits per heavy atom. The summed E-state index contributed by atoms with van der Waals surface area (Å²) in [7, 11) is 3.33. The molecule has 1 aliphatic heterocycles. The molecule has 1 unspecified atom stereocenters. The van der Waals surface area contributed by atoms with E-state index in [-0.39, 0.29) is 0 Å². The van der Waals surface area contributed by atoms with Crippen molar-refractivity contribution in [1.29, 1.82) is 0 Å². The number of hydrogen-bond acceptors (Lipinski definition) is 5. The first-order chi connectivity index (χ1) is 13.2. The first kappa shape index (κ1) is 17.8. The van der Waals surface area contributed by atoms with Crippen molar-refractivity contribution >= 4 is 12.2 Å². The fourth-order valence-electron chi connectivity index (χ4n) is 3.48. The summed E-state index contributed by atoms with van der Waals surface area (Å²) < 4.78 is 18.3. The van der Waals surface area contributed by atoms with Gasteiger partial charge in [-0.1, -0.05) is 18.2 Å². The Hall–Kier alpha value is -2.64.